The number of benzene rings is 1. The fourth-order valence-corrected chi connectivity index (χ4v) is 1.64. The Morgan fingerprint density at radius 2 is 2.35 bits per heavy atom. The number of rotatable bonds is 2. The maximum atomic E-state index is 13.3. The molecule has 0 unspecified atom stereocenters. The molecule has 2 rings (SSSR count). The molecule has 2 aromatic rings. The largest absolute Gasteiger partial charge is 0.320 e. The average molecular weight is 272 g/mol. The molecule has 102 valence electrons. The first-order valence-electron chi connectivity index (χ1n) is 5.88. The van der Waals surface area contributed by atoms with Crippen molar-refractivity contribution in [3.63, 3.8) is 0 Å². The molecule has 5 nitrogen and oxygen atoms in total. The monoisotopic (exact) mass is 272 g/mol. The van der Waals surface area contributed by atoms with Crippen molar-refractivity contribution in [2.45, 2.75) is 0 Å². The van der Waals surface area contributed by atoms with Crippen LogP contribution >= 0.6 is 0 Å². The van der Waals surface area contributed by atoms with Crippen LogP contribution in [0.25, 0.3) is 0 Å². The lowest BCUT2D eigenvalue weighted by atomic mass is 10.1. The highest BCUT2D eigenvalue weighted by atomic mass is 19.1. The molecule has 0 atom stereocenters. The minimum Gasteiger partial charge on any atom is -0.320 e. The second kappa shape index (κ2) is 5.99. The second-order valence-electron chi connectivity index (χ2n) is 4.05. The van der Waals surface area contributed by atoms with Crippen LogP contribution in [0.15, 0.2) is 30.6 Å². The van der Waals surface area contributed by atoms with Gasteiger partial charge < -0.3 is 11.1 Å². The highest BCUT2D eigenvalue weighted by molar-refractivity contribution is 6.05. The molecule has 20 heavy (non-hydrogen) atoms. The predicted molar refractivity (Wildman–Crippen MR) is 73.5 cm³/mol. The lowest BCUT2D eigenvalue weighted by molar-refractivity contribution is 0.102. The zero-order chi connectivity index (χ0) is 14.5. The van der Waals surface area contributed by atoms with E-state index < -0.39 is 11.7 Å². The third-order valence-corrected chi connectivity index (χ3v) is 2.51. The van der Waals surface area contributed by atoms with Crippen molar-refractivity contribution in [3.8, 4) is 11.8 Å². The van der Waals surface area contributed by atoms with Crippen LogP contribution in [0, 0.1) is 17.7 Å². The predicted octanol–water partition coefficient (Wildman–Crippen LogP) is 1.12. The van der Waals surface area contributed by atoms with E-state index in [9.17, 15) is 9.18 Å². The van der Waals surface area contributed by atoms with Gasteiger partial charge in [0.2, 0.25) is 0 Å². The summed E-state index contributed by atoms with van der Waals surface area (Å²) in [5, 5.41) is 6.57. The van der Waals surface area contributed by atoms with Gasteiger partial charge in [-0.15, -0.1) is 0 Å². The maximum Gasteiger partial charge on any atom is 0.257 e. The zero-order valence-corrected chi connectivity index (χ0v) is 10.9. The van der Waals surface area contributed by atoms with Gasteiger partial charge in [-0.3, -0.25) is 9.48 Å². The SMILES string of the molecule is Cn1cc(NC(=O)c2cc(F)ccc2C#CCN)cn1. The molecular weight excluding hydrogens is 259 g/mol. The van der Waals surface area contributed by atoms with Gasteiger partial charge in [-0.05, 0) is 18.2 Å². The summed E-state index contributed by atoms with van der Waals surface area (Å²) in [6.07, 6.45) is 3.14. The van der Waals surface area contributed by atoms with E-state index in [0.717, 1.165) is 6.07 Å². The Kier molecular flexibility index (Phi) is 4.13. The molecule has 1 amide bonds. The quantitative estimate of drug-likeness (QED) is 0.805. The summed E-state index contributed by atoms with van der Waals surface area (Å²) in [5.41, 5.74) is 6.42. The van der Waals surface area contributed by atoms with E-state index in [2.05, 4.69) is 22.3 Å². The molecule has 0 fully saturated rings. The van der Waals surface area contributed by atoms with Crippen LogP contribution in [0.1, 0.15) is 15.9 Å². The van der Waals surface area contributed by atoms with Crippen LogP contribution in [-0.2, 0) is 7.05 Å². The summed E-state index contributed by atoms with van der Waals surface area (Å²) in [4.78, 5) is 12.1. The van der Waals surface area contributed by atoms with Crippen molar-refractivity contribution >= 4 is 11.6 Å². The normalized spacial score (nSPS) is 9.75. The van der Waals surface area contributed by atoms with Crippen molar-refractivity contribution < 1.29 is 9.18 Å². The molecular formula is C14H13FN4O. The van der Waals surface area contributed by atoms with Crippen molar-refractivity contribution in [2.75, 3.05) is 11.9 Å². The number of halogens is 1. The highest BCUT2D eigenvalue weighted by Crippen LogP contribution is 2.13. The van der Waals surface area contributed by atoms with Crippen LogP contribution < -0.4 is 11.1 Å². The van der Waals surface area contributed by atoms with Gasteiger partial charge >= 0.3 is 0 Å². The van der Waals surface area contributed by atoms with Crippen LogP contribution in [-0.4, -0.2) is 22.2 Å². The van der Waals surface area contributed by atoms with Gasteiger partial charge in [-0.25, -0.2) is 4.39 Å². The van der Waals surface area contributed by atoms with Crippen LogP contribution in [0.4, 0.5) is 10.1 Å². The van der Waals surface area contributed by atoms with E-state index in [1.54, 1.807) is 17.9 Å². The Bertz CT molecular complexity index is 697. The maximum absolute atomic E-state index is 13.3. The minimum atomic E-state index is -0.500. The number of hydrogen-bond donors (Lipinski definition) is 2. The van der Waals surface area contributed by atoms with E-state index in [1.807, 2.05) is 0 Å². The Labute approximate surface area is 115 Å². The fraction of sp³-hybridized carbons (Fsp3) is 0.143. The third kappa shape index (κ3) is 3.22. The molecule has 0 saturated carbocycles. The molecule has 0 saturated heterocycles. The summed E-state index contributed by atoms with van der Waals surface area (Å²) < 4.78 is 14.9. The number of aryl methyl sites for hydroxylation is 1. The van der Waals surface area contributed by atoms with Gasteiger partial charge in [0.25, 0.3) is 5.91 Å². The number of nitrogens with two attached hydrogens (primary N) is 1. The summed E-state index contributed by atoms with van der Waals surface area (Å²) in [7, 11) is 1.73. The van der Waals surface area contributed by atoms with Gasteiger partial charge in [0.1, 0.15) is 5.82 Å². The van der Waals surface area contributed by atoms with Gasteiger partial charge in [0.05, 0.1) is 24.0 Å². The summed E-state index contributed by atoms with van der Waals surface area (Å²) >= 11 is 0. The van der Waals surface area contributed by atoms with E-state index in [1.165, 1.54) is 18.3 Å². The summed E-state index contributed by atoms with van der Waals surface area (Å²) in [6.45, 7) is 0.168. The van der Waals surface area contributed by atoms with Crippen molar-refractivity contribution in [1.82, 2.24) is 9.78 Å². The summed E-state index contributed by atoms with van der Waals surface area (Å²) in [6, 6.07) is 3.85. The number of carbonyl (C=O) groups is 1. The Morgan fingerprint density at radius 3 is 3.00 bits per heavy atom. The van der Waals surface area contributed by atoms with Crippen molar-refractivity contribution in [2.24, 2.45) is 12.8 Å². The van der Waals surface area contributed by atoms with Crippen LogP contribution in [0.2, 0.25) is 0 Å². The first-order chi connectivity index (χ1) is 9.60. The number of anilines is 1. The zero-order valence-electron chi connectivity index (χ0n) is 10.9. The number of carbonyl (C=O) groups excluding carboxylic acids is 1. The third-order valence-electron chi connectivity index (χ3n) is 2.51. The fourth-order valence-electron chi connectivity index (χ4n) is 1.64. The molecule has 0 aliphatic carbocycles. The number of nitrogens with zero attached hydrogens (tertiary/aromatic N) is 2. The van der Waals surface area contributed by atoms with Gasteiger partial charge in [-0.1, -0.05) is 11.8 Å². The van der Waals surface area contributed by atoms with Crippen LogP contribution in [0.3, 0.4) is 0 Å². The van der Waals surface area contributed by atoms with E-state index >= 15 is 0 Å². The van der Waals surface area contributed by atoms with Gasteiger partial charge in [0.15, 0.2) is 0 Å². The van der Waals surface area contributed by atoms with E-state index in [0.29, 0.717) is 11.3 Å². The molecule has 0 spiro atoms. The molecule has 0 bridgehead atoms. The van der Waals surface area contributed by atoms with E-state index in [4.69, 9.17) is 5.73 Å². The molecule has 3 N–H and O–H groups in total. The first kappa shape index (κ1) is 13.8. The van der Waals surface area contributed by atoms with Gasteiger partial charge in [-0.2, -0.15) is 5.10 Å². The highest BCUT2D eigenvalue weighted by Gasteiger charge is 2.12. The lowest BCUT2D eigenvalue weighted by Gasteiger charge is -2.05. The molecule has 1 heterocycles. The van der Waals surface area contributed by atoms with Crippen molar-refractivity contribution in [3.05, 3.63) is 47.5 Å². The van der Waals surface area contributed by atoms with Crippen LogP contribution in [0.5, 0.6) is 0 Å². The number of aromatic nitrogens is 2. The molecule has 1 aromatic heterocycles. The molecule has 6 heteroatoms. The second-order valence-corrected chi connectivity index (χ2v) is 4.05. The molecule has 0 radical (unpaired) electrons. The Morgan fingerprint density at radius 1 is 1.55 bits per heavy atom. The molecule has 1 aromatic carbocycles. The van der Waals surface area contributed by atoms with E-state index in [-0.39, 0.29) is 12.1 Å². The van der Waals surface area contributed by atoms with Crippen molar-refractivity contribution in [1.29, 1.82) is 0 Å². The Hall–Kier alpha value is -2.65. The topological polar surface area (TPSA) is 72.9 Å². The molecule has 0 aliphatic heterocycles. The minimum absolute atomic E-state index is 0.162. The lowest BCUT2D eigenvalue weighted by Crippen LogP contribution is -2.13. The number of amides is 1. The Balaban J connectivity index is 2.30. The van der Waals surface area contributed by atoms with Gasteiger partial charge in [0, 0.05) is 18.8 Å². The summed E-state index contributed by atoms with van der Waals surface area (Å²) in [5.74, 6) is 4.45. The smallest absolute Gasteiger partial charge is 0.257 e. The molecule has 0 aliphatic rings. The standard InChI is InChI=1S/C14H13FN4O/c1-19-9-12(8-17-19)18-14(20)13-7-11(15)5-4-10(13)3-2-6-16/h4-5,7-9H,6,16H2,1H3,(H,18,20). The number of nitrogens with one attached hydrogen (secondary N) is 1. The average Bonchev–Trinajstić information content (AvgIpc) is 2.82. The first-order valence-corrected chi connectivity index (χ1v) is 5.88. The number of hydrogen-bond acceptors (Lipinski definition) is 3.